The van der Waals surface area contributed by atoms with Gasteiger partial charge in [-0.15, -0.1) is 0 Å². The molecule has 156 valence electrons. The molecule has 2 aromatic heterocycles. The molecule has 2 N–H and O–H groups in total. The minimum absolute atomic E-state index is 0.245. The van der Waals surface area contributed by atoms with Crippen molar-refractivity contribution in [1.29, 1.82) is 0 Å². The third kappa shape index (κ3) is 5.39. The zero-order valence-electron chi connectivity index (χ0n) is 16.1. The highest BCUT2D eigenvalue weighted by atomic mass is 32.2. The summed E-state index contributed by atoms with van der Waals surface area (Å²) in [4.78, 5) is 25.8. The zero-order chi connectivity index (χ0) is 20.9. The van der Waals surface area contributed by atoms with Crippen molar-refractivity contribution in [3.8, 4) is 11.3 Å². The first-order valence-electron chi connectivity index (χ1n) is 9.34. The highest BCUT2D eigenvalue weighted by Crippen LogP contribution is 2.18. The predicted octanol–water partition coefficient (Wildman–Crippen LogP) is 1.04. The Hall–Kier alpha value is -2.79. The van der Waals surface area contributed by atoms with Crippen LogP contribution in [0.15, 0.2) is 36.8 Å². The van der Waals surface area contributed by atoms with E-state index >= 15 is 0 Å². The molecule has 0 aliphatic carbocycles. The smallest absolute Gasteiger partial charge is 0.404 e. The molecule has 29 heavy (non-hydrogen) atoms. The van der Waals surface area contributed by atoms with Crippen LogP contribution in [0.1, 0.15) is 13.3 Å². The summed E-state index contributed by atoms with van der Waals surface area (Å²) in [7, 11) is -3.56. The van der Waals surface area contributed by atoms with Crippen molar-refractivity contribution in [3.63, 3.8) is 0 Å². The van der Waals surface area contributed by atoms with E-state index < -0.39 is 22.2 Å². The third-order valence-electron chi connectivity index (χ3n) is 4.75. The van der Waals surface area contributed by atoms with Gasteiger partial charge in [0.2, 0.25) is 16.0 Å². The van der Waals surface area contributed by atoms with Crippen LogP contribution in [0.25, 0.3) is 11.3 Å². The molecule has 3 heterocycles. The second-order valence-electron chi connectivity index (χ2n) is 6.71. The molecule has 1 fully saturated rings. The Balaban J connectivity index is 1.59. The minimum Gasteiger partial charge on any atom is -0.465 e. The number of piperazine rings is 1. The van der Waals surface area contributed by atoms with Crippen LogP contribution in [-0.4, -0.2) is 76.8 Å². The van der Waals surface area contributed by atoms with Crippen molar-refractivity contribution >= 4 is 22.1 Å². The van der Waals surface area contributed by atoms with Gasteiger partial charge in [-0.3, -0.25) is 4.98 Å². The van der Waals surface area contributed by atoms with E-state index in [9.17, 15) is 13.2 Å². The fourth-order valence-electron chi connectivity index (χ4n) is 3.11. The lowest BCUT2D eigenvalue weighted by Gasteiger charge is -2.34. The SMILES string of the molecule is CCC(CS(=O)(=O)N1CCN(c2ncc(-c3ccccn3)cn2)CC1)NC(=O)O. The van der Waals surface area contributed by atoms with Crippen molar-refractivity contribution in [3.05, 3.63) is 36.8 Å². The van der Waals surface area contributed by atoms with Gasteiger partial charge in [-0.25, -0.2) is 23.2 Å². The van der Waals surface area contributed by atoms with Crippen LogP contribution in [0.4, 0.5) is 10.7 Å². The standard InChI is InChI=1S/C18H24N6O4S/c1-2-15(22-18(25)26)13-29(27,28)24-9-7-23(8-10-24)17-20-11-14(12-21-17)16-5-3-4-6-19-16/h3-6,11-12,15,22H,2,7-10,13H2,1H3,(H,25,26). The topological polar surface area (TPSA) is 129 Å². The number of nitrogens with one attached hydrogen (secondary N) is 1. The van der Waals surface area contributed by atoms with Gasteiger partial charge in [0.05, 0.1) is 11.4 Å². The number of rotatable bonds is 7. The molecule has 1 unspecified atom stereocenters. The second-order valence-corrected chi connectivity index (χ2v) is 8.72. The molecule has 1 aliphatic rings. The third-order valence-corrected chi connectivity index (χ3v) is 6.72. The van der Waals surface area contributed by atoms with Crippen LogP contribution in [0.2, 0.25) is 0 Å². The molecule has 1 amide bonds. The highest BCUT2D eigenvalue weighted by molar-refractivity contribution is 7.89. The van der Waals surface area contributed by atoms with Gasteiger partial charge in [0.1, 0.15) is 0 Å². The summed E-state index contributed by atoms with van der Waals surface area (Å²) in [5.74, 6) is 0.297. The van der Waals surface area contributed by atoms with Crippen molar-refractivity contribution in [2.75, 3.05) is 36.8 Å². The number of nitrogens with zero attached hydrogens (tertiary/aromatic N) is 5. The van der Waals surface area contributed by atoms with Gasteiger partial charge in [0.25, 0.3) is 0 Å². The zero-order valence-corrected chi connectivity index (χ0v) is 16.9. The van der Waals surface area contributed by atoms with E-state index in [0.29, 0.717) is 38.5 Å². The Bertz CT molecular complexity index is 915. The van der Waals surface area contributed by atoms with Crippen molar-refractivity contribution < 1.29 is 18.3 Å². The van der Waals surface area contributed by atoms with Gasteiger partial charge in [-0.05, 0) is 18.6 Å². The number of aromatic nitrogens is 3. The maximum Gasteiger partial charge on any atom is 0.404 e. The maximum absolute atomic E-state index is 12.6. The van der Waals surface area contributed by atoms with Gasteiger partial charge in [-0.1, -0.05) is 13.0 Å². The van der Waals surface area contributed by atoms with Crippen molar-refractivity contribution in [2.24, 2.45) is 0 Å². The van der Waals surface area contributed by atoms with E-state index in [0.717, 1.165) is 11.3 Å². The average molecular weight is 420 g/mol. The number of pyridine rings is 1. The Morgan fingerprint density at radius 1 is 1.17 bits per heavy atom. The molecule has 3 rings (SSSR count). The number of sulfonamides is 1. The van der Waals surface area contributed by atoms with Gasteiger partial charge in [0, 0.05) is 56.4 Å². The fourth-order valence-corrected chi connectivity index (χ4v) is 4.87. The number of anilines is 1. The van der Waals surface area contributed by atoms with Gasteiger partial charge >= 0.3 is 6.09 Å². The molecule has 1 aliphatic heterocycles. The van der Waals surface area contributed by atoms with E-state index in [4.69, 9.17) is 5.11 Å². The van der Waals surface area contributed by atoms with Crippen LogP contribution in [-0.2, 0) is 10.0 Å². The Labute approximate surface area is 169 Å². The van der Waals surface area contributed by atoms with Crippen LogP contribution in [0, 0.1) is 0 Å². The Kier molecular flexibility index (Phi) is 6.60. The molecular formula is C18H24N6O4S. The fraction of sp³-hybridized carbons (Fsp3) is 0.444. The first-order valence-corrected chi connectivity index (χ1v) is 11.0. The lowest BCUT2D eigenvalue weighted by Crippen LogP contribution is -2.52. The second kappa shape index (κ2) is 9.14. The van der Waals surface area contributed by atoms with Crippen molar-refractivity contribution in [1.82, 2.24) is 24.6 Å². The summed E-state index contributed by atoms with van der Waals surface area (Å²) in [5, 5.41) is 11.1. The summed E-state index contributed by atoms with van der Waals surface area (Å²) >= 11 is 0. The maximum atomic E-state index is 12.6. The first kappa shape index (κ1) is 20.9. The summed E-state index contributed by atoms with van der Waals surface area (Å²) in [6.45, 7) is 3.28. The van der Waals surface area contributed by atoms with E-state index in [1.54, 1.807) is 25.5 Å². The predicted molar refractivity (Wildman–Crippen MR) is 108 cm³/mol. The van der Waals surface area contributed by atoms with E-state index in [2.05, 4.69) is 20.3 Å². The molecule has 2 aromatic rings. The lowest BCUT2D eigenvalue weighted by atomic mass is 10.2. The monoisotopic (exact) mass is 420 g/mol. The quantitative estimate of drug-likeness (QED) is 0.680. The average Bonchev–Trinajstić information content (AvgIpc) is 2.73. The summed E-state index contributed by atoms with van der Waals surface area (Å²) in [5.41, 5.74) is 1.60. The van der Waals surface area contributed by atoms with Crippen molar-refractivity contribution in [2.45, 2.75) is 19.4 Å². The largest absolute Gasteiger partial charge is 0.465 e. The molecule has 0 radical (unpaired) electrons. The van der Waals surface area contributed by atoms with Gasteiger partial charge in [-0.2, -0.15) is 4.31 Å². The summed E-state index contributed by atoms with van der Waals surface area (Å²) in [6.07, 6.45) is 4.30. The van der Waals surface area contributed by atoms with E-state index in [-0.39, 0.29) is 5.75 Å². The van der Waals surface area contributed by atoms with Crippen LogP contribution in [0.3, 0.4) is 0 Å². The molecule has 0 bridgehead atoms. The number of hydrogen-bond donors (Lipinski definition) is 2. The van der Waals surface area contributed by atoms with Gasteiger partial charge < -0.3 is 15.3 Å². The van der Waals surface area contributed by atoms with Crippen LogP contribution < -0.4 is 10.2 Å². The van der Waals surface area contributed by atoms with Gasteiger partial charge in [0.15, 0.2) is 0 Å². The van der Waals surface area contributed by atoms with Crippen LogP contribution >= 0.6 is 0 Å². The Morgan fingerprint density at radius 3 is 2.41 bits per heavy atom. The molecular weight excluding hydrogens is 396 g/mol. The van der Waals surface area contributed by atoms with E-state index in [1.807, 2.05) is 23.1 Å². The Morgan fingerprint density at radius 2 is 1.86 bits per heavy atom. The number of carboxylic acid groups (broad SMARTS) is 1. The summed E-state index contributed by atoms with van der Waals surface area (Å²) in [6, 6.07) is 4.99. The molecule has 0 aromatic carbocycles. The molecule has 0 spiro atoms. The number of hydrogen-bond acceptors (Lipinski definition) is 7. The van der Waals surface area contributed by atoms with Crippen LogP contribution in [0.5, 0.6) is 0 Å². The minimum atomic E-state index is -3.56. The highest BCUT2D eigenvalue weighted by Gasteiger charge is 2.30. The molecule has 1 saturated heterocycles. The molecule has 1 atom stereocenters. The lowest BCUT2D eigenvalue weighted by molar-refractivity contribution is 0.190. The normalized spacial score (nSPS) is 16.4. The molecule has 0 saturated carbocycles. The number of carbonyl (C=O) groups is 1. The number of amides is 1. The summed E-state index contributed by atoms with van der Waals surface area (Å²) < 4.78 is 26.6. The van der Waals surface area contributed by atoms with E-state index in [1.165, 1.54) is 4.31 Å². The first-order chi connectivity index (χ1) is 13.9. The molecule has 11 heteroatoms. The molecule has 10 nitrogen and oxygen atoms in total.